The van der Waals surface area contributed by atoms with Gasteiger partial charge in [0, 0.05) is 18.1 Å². The monoisotopic (exact) mass is 348 g/mol. The zero-order chi connectivity index (χ0) is 17.2. The molecule has 24 heavy (non-hydrogen) atoms. The van der Waals surface area contributed by atoms with E-state index < -0.39 is 6.09 Å². The van der Waals surface area contributed by atoms with Crippen LogP contribution in [0.1, 0.15) is 0 Å². The van der Waals surface area contributed by atoms with Crippen LogP contribution in [0.3, 0.4) is 0 Å². The van der Waals surface area contributed by atoms with Gasteiger partial charge in [0.1, 0.15) is 11.5 Å². The van der Waals surface area contributed by atoms with Crippen molar-refractivity contribution in [2.24, 2.45) is 0 Å². The highest BCUT2D eigenvalue weighted by atomic mass is 35.5. The number of halogens is 1. The molecule has 0 radical (unpaired) electrons. The van der Waals surface area contributed by atoms with E-state index >= 15 is 0 Å². The van der Waals surface area contributed by atoms with Crippen molar-refractivity contribution in [3.05, 3.63) is 59.6 Å². The fourth-order valence-corrected chi connectivity index (χ4v) is 1.85. The van der Waals surface area contributed by atoms with Gasteiger partial charge in [-0.25, -0.2) is 4.79 Å². The van der Waals surface area contributed by atoms with Crippen molar-refractivity contribution >= 4 is 23.6 Å². The molecular weight excluding hydrogens is 332 g/mol. The van der Waals surface area contributed by atoms with Gasteiger partial charge in [0.25, 0.3) is 5.91 Å². The molecule has 0 aliphatic heterocycles. The van der Waals surface area contributed by atoms with E-state index in [-0.39, 0.29) is 25.6 Å². The highest BCUT2D eigenvalue weighted by Gasteiger charge is 2.05. The van der Waals surface area contributed by atoms with E-state index in [1.165, 1.54) is 0 Å². The highest BCUT2D eigenvalue weighted by Crippen LogP contribution is 2.15. The van der Waals surface area contributed by atoms with Crippen LogP contribution in [-0.2, 0) is 4.79 Å². The van der Waals surface area contributed by atoms with E-state index in [1.807, 2.05) is 6.07 Å². The van der Waals surface area contributed by atoms with Gasteiger partial charge in [0.15, 0.2) is 6.61 Å². The Labute approximate surface area is 144 Å². The summed E-state index contributed by atoms with van der Waals surface area (Å²) in [6.07, 6.45) is -0.576. The summed E-state index contributed by atoms with van der Waals surface area (Å²) in [6, 6.07) is 15.4. The maximum absolute atomic E-state index is 11.6. The van der Waals surface area contributed by atoms with Gasteiger partial charge in [0.2, 0.25) is 0 Å². The number of nitrogens with one attached hydrogen (secondary N) is 2. The van der Waals surface area contributed by atoms with Crippen LogP contribution in [0.15, 0.2) is 54.6 Å². The Kier molecular flexibility index (Phi) is 6.91. The van der Waals surface area contributed by atoms with E-state index in [4.69, 9.17) is 21.1 Å². The summed E-state index contributed by atoms with van der Waals surface area (Å²) < 4.78 is 10.3. The third-order valence-corrected chi connectivity index (χ3v) is 3.11. The lowest BCUT2D eigenvalue weighted by molar-refractivity contribution is -0.123. The molecule has 2 aromatic rings. The number of carbonyl (C=O) groups excluding carboxylic acids is 2. The van der Waals surface area contributed by atoms with Gasteiger partial charge in [-0.1, -0.05) is 29.8 Å². The Bertz CT molecular complexity index is 662. The smallest absolute Gasteiger partial charge is 0.412 e. The van der Waals surface area contributed by atoms with E-state index in [1.54, 1.807) is 48.5 Å². The summed E-state index contributed by atoms with van der Waals surface area (Å²) >= 11 is 5.76. The molecule has 2 N–H and O–H groups in total. The lowest BCUT2D eigenvalue weighted by Crippen LogP contribution is -2.37. The molecule has 0 unspecified atom stereocenters. The Morgan fingerprint density at radius 1 is 0.875 bits per heavy atom. The molecule has 2 rings (SSSR count). The molecule has 0 aromatic heterocycles. The van der Waals surface area contributed by atoms with Crippen molar-refractivity contribution in [2.75, 3.05) is 19.7 Å². The molecule has 0 atom stereocenters. The molecule has 7 heteroatoms. The van der Waals surface area contributed by atoms with Crippen molar-refractivity contribution < 1.29 is 19.1 Å². The molecular formula is C17H17ClN2O4. The summed E-state index contributed by atoms with van der Waals surface area (Å²) in [5.41, 5.74) is 0. The van der Waals surface area contributed by atoms with Crippen molar-refractivity contribution in [1.29, 1.82) is 0 Å². The third-order valence-electron chi connectivity index (χ3n) is 2.85. The van der Waals surface area contributed by atoms with E-state index in [0.29, 0.717) is 16.5 Å². The average Bonchev–Trinajstić information content (AvgIpc) is 2.59. The normalized spacial score (nSPS) is 9.88. The summed E-state index contributed by atoms with van der Waals surface area (Å²) in [5, 5.41) is 5.76. The zero-order valence-corrected chi connectivity index (χ0v) is 13.6. The number of hydrogen-bond acceptors (Lipinski definition) is 4. The number of carbonyl (C=O) groups is 2. The fraction of sp³-hybridized carbons (Fsp3) is 0.176. The fourth-order valence-electron chi connectivity index (χ4n) is 1.73. The topological polar surface area (TPSA) is 76.7 Å². The lowest BCUT2D eigenvalue weighted by atomic mass is 10.3. The van der Waals surface area contributed by atoms with Crippen LogP contribution >= 0.6 is 11.6 Å². The minimum atomic E-state index is -0.576. The van der Waals surface area contributed by atoms with Gasteiger partial charge in [-0.15, -0.1) is 0 Å². The molecule has 126 valence electrons. The number of para-hydroxylation sites is 1. The number of hydrogen-bond donors (Lipinski definition) is 2. The van der Waals surface area contributed by atoms with E-state index in [0.717, 1.165) is 0 Å². The van der Waals surface area contributed by atoms with Crippen LogP contribution in [0.25, 0.3) is 0 Å². The van der Waals surface area contributed by atoms with E-state index in [9.17, 15) is 9.59 Å². The summed E-state index contributed by atoms with van der Waals surface area (Å²) in [6.45, 7) is 0.404. The number of ether oxygens (including phenoxy) is 2. The standard InChI is InChI=1S/C17H17ClN2O4/c18-13-6-8-14(9-7-13)23-12-16(21)19-10-11-20-17(22)24-15-4-2-1-3-5-15/h1-9H,10-12H2,(H,19,21)(H,20,22). The number of benzene rings is 2. The Morgan fingerprint density at radius 3 is 2.25 bits per heavy atom. The van der Waals surface area contributed by atoms with Crippen LogP contribution in [0.5, 0.6) is 11.5 Å². The highest BCUT2D eigenvalue weighted by molar-refractivity contribution is 6.30. The van der Waals surface area contributed by atoms with Gasteiger partial charge >= 0.3 is 6.09 Å². The summed E-state index contributed by atoms with van der Waals surface area (Å²) in [4.78, 5) is 23.1. The molecule has 0 saturated heterocycles. The Hall–Kier alpha value is -2.73. The van der Waals surface area contributed by atoms with Crippen LogP contribution in [0, 0.1) is 0 Å². The van der Waals surface area contributed by atoms with Gasteiger partial charge in [-0.05, 0) is 36.4 Å². The third kappa shape index (κ3) is 6.58. The first kappa shape index (κ1) is 17.6. The predicted octanol–water partition coefficient (Wildman–Crippen LogP) is 2.62. The molecule has 0 aliphatic carbocycles. The van der Waals surface area contributed by atoms with Gasteiger partial charge < -0.3 is 20.1 Å². The van der Waals surface area contributed by atoms with Crippen molar-refractivity contribution in [1.82, 2.24) is 10.6 Å². The van der Waals surface area contributed by atoms with E-state index in [2.05, 4.69) is 10.6 Å². The molecule has 6 nitrogen and oxygen atoms in total. The lowest BCUT2D eigenvalue weighted by Gasteiger charge is -2.09. The summed E-state index contributed by atoms with van der Waals surface area (Å²) in [5.74, 6) is 0.720. The molecule has 2 amide bonds. The second kappa shape index (κ2) is 9.42. The molecule has 0 heterocycles. The molecule has 0 spiro atoms. The zero-order valence-electron chi connectivity index (χ0n) is 12.8. The molecule has 2 aromatic carbocycles. The molecule has 0 saturated carbocycles. The van der Waals surface area contributed by atoms with Crippen molar-refractivity contribution in [3.63, 3.8) is 0 Å². The average molecular weight is 349 g/mol. The van der Waals surface area contributed by atoms with Crippen molar-refractivity contribution in [2.45, 2.75) is 0 Å². The number of amides is 2. The first-order valence-electron chi connectivity index (χ1n) is 7.29. The molecule has 0 fully saturated rings. The Balaban J connectivity index is 1.57. The molecule has 0 bridgehead atoms. The van der Waals surface area contributed by atoms with Gasteiger partial charge in [0.05, 0.1) is 0 Å². The minimum Gasteiger partial charge on any atom is -0.484 e. The van der Waals surface area contributed by atoms with Crippen LogP contribution in [0.2, 0.25) is 5.02 Å². The first-order chi connectivity index (χ1) is 11.6. The second-order valence-corrected chi connectivity index (χ2v) is 5.16. The van der Waals surface area contributed by atoms with Crippen LogP contribution in [-0.4, -0.2) is 31.7 Å². The van der Waals surface area contributed by atoms with Crippen molar-refractivity contribution in [3.8, 4) is 11.5 Å². The second-order valence-electron chi connectivity index (χ2n) is 4.72. The largest absolute Gasteiger partial charge is 0.484 e. The molecule has 0 aliphatic rings. The quantitative estimate of drug-likeness (QED) is 0.754. The predicted molar refractivity (Wildman–Crippen MR) is 90.4 cm³/mol. The number of rotatable bonds is 7. The summed E-state index contributed by atoms with van der Waals surface area (Å²) in [7, 11) is 0. The maximum atomic E-state index is 11.6. The van der Waals surface area contributed by atoms with Gasteiger partial charge in [-0.3, -0.25) is 4.79 Å². The first-order valence-corrected chi connectivity index (χ1v) is 7.67. The maximum Gasteiger partial charge on any atom is 0.412 e. The van der Waals surface area contributed by atoms with Crippen LogP contribution < -0.4 is 20.1 Å². The minimum absolute atomic E-state index is 0.115. The van der Waals surface area contributed by atoms with Gasteiger partial charge in [-0.2, -0.15) is 0 Å². The Morgan fingerprint density at radius 2 is 1.54 bits per heavy atom. The SMILES string of the molecule is O=C(COc1ccc(Cl)cc1)NCCNC(=O)Oc1ccccc1. The van der Waals surface area contributed by atoms with Crippen LogP contribution in [0.4, 0.5) is 4.79 Å².